The monoisotopic (exact) mass is 364 g/mol. The standard InChI is InChI=1S/C21H20N2O2S/c1-14-12-21(2,3)23(17-10-6-4-8-15(14)17)19(24)13-25-20-22-16-9-5-7-11-18(16)26-20/h4-12H,13H2,1-3H3. The van der Waals surface area contributed by atoms with Gasteiger partial charge in [-0.25, -0.2) is 4.98 Å². The van der Waals surface area contributed by atoms with Gasteiger partial charge in [0.2, 0.25) is 0 Å². The van der Waals surface area contributed by atoms with Crippen LogP contribution in [0.3, 0.4) is 0 Å². The third kappa shape index (κ3) is 2.88. The van der Waals surface area contributed by atoms with Gasteiger partial charge in [-0.3, -0.25) is 9.69 Å². The number of carbonyl (C=O) groups excluding carboxylic acids is 1. The van der Waals surface area contributed by atoms with Gasteiger partial charge >= 0.3 is 0 Å². The number of para-hydroxylation sites is 2. The number of hydrogen-bond donors (Lipinski definition) is 0. The van der Waals surface area contributed by atoms with Crippen molar-refractivity contribution in [1.29, 1.82) is 0 Å². The van der Waals surface area contributed by atoms with Crippen molar-refractivity contribution < 1.29 is 9.53 Å². The van der Waals surface area contributed by atoms with Crippen molar-refractivity contribution in [3.8, 4) is 5.19 Å². The van der Waals surface area contributed by atoms with Crippen LogP contribution in [0.1, 0.15) is 26.3 Å². The highest BCUT2D eigenvalue weighted by Crippen LogP contribution is 2.38. The predicted molar refractivity (Wildman–Crippen MR) is 107 cm³/mol. The van der Waals surface area contributed by atoms with Crippen molar-refractivity contribution in [3.63, 3.8) is 0 Å². The van der Waals surface area contributed by atoms with Crippen LogP contribution < -0.4 is 9.64 Å². The molecule has 0 unspecified atom stereocenters. The van der Waals surface area contributed by atoms with Crippen molar-refractivity contribution in [2.45, 2.75) is 26.3 Å². The molecule has 5 heteroatoms. The summed E-state index contributed by atoms with van der Waals surface area (Å²) in [5.41, 5.74) is 3.67. The van der Waals surface area contributed by atoms with E-state index in [2.05, 4.69) is 18.0 Å². The molecule has 2 aromatic carbocycles. The van der Waals surface area contributed by atoms with Crippen LogP contribution in [0.25, 0.3) is 15.8 Å². The molecule has 0 spiro atoms. The third-order valence-corrected chi connectivity index (χ3v) is 5.51. The van der Waals surface area contributed by atoms with Crippen molar-refractivity contribution in [2.75, 3.05) is 11.5 Å². The molecule has 0 N–H and O–H groups in total. The third-order valence-electron chi connectivity index (χ3n) is 4.56. The Hall–Kier alpha value is -2.66. The van der Waals surface area contributed by atoms with Gasteiger partial charge in [0, 0.05) is 5.56 Å². The maximum absolute atomic E-state index is 13.0. The Labute approximate surface area is 156 Å². The molecule has 4 nitrogen and oxygen atoms in total. The molecule has 1 amide bonds. The Morgan fingerprint density at radius 1 is 1.15 bits per heavy atom. The van der Waals surface area contributed by atoms with Crippen LogP contribution in [0, 0.1) is 0 Å². The molecule has 2 heterocycles. The number of fused-ring (bicyclic) bond motifs is 2. The molecule has 132 valence electrons. The summed E-state index contributed by atoms with van der Waals surface area (Å²) in [7, 11) is 0. The molecule has 0 saturated heterocycles. The Kier molecular flexibility index (Phi) is 4.04. The highest BCUT2D eigenvalue weighted by Gasteiger charge is 2.35. The lowest BCUT2D eigenvalue weighted by Gasteiger charge is -2.41. The van der Waals surface area contributed by atoms with Crippen LogP contribution in [0.5, 0.6) is 5.19 Å². The maximum atomic E-state index is 13.0. The van der Waals surface area contributed by atoms with Gasteiger partial charge in [0.25, 0.3) is 11.1 Å². The normalized spacial score (nSPS) is 15.5. The number of allylic oxidation sites excluding steroid dienone is 1. The summed E-state index contributed by atoms with van der Waals surface area (Å²) in [6.07, 6.45) is 2.13. The van der Waals surface area contributed by atoms with E-state index in [4.69, 9.17) is 4.74 Å². The molecule has 0 saturated carbocycles. The highest BCUT2D eigenvalue weighted by molar-refractivity contribution is 7.20. The lowest BCUT2D eigenvalue weighted by molar-refractivity contribution is -0.121. The van der Waals surface area contributed by atoms with E-state index in [-0.39, 0.29) is 12.5 Å². The number of amides is 1. The fourth-order valence-corrected chi connectivity index (χ4v) is 4.36. The summed E-state index contributed by atoms with van der Waals surface area (Å²) in [5.74, 6) is -0.0783. The Bertz CT molecular complexity index is 987. The Morgan fingerprint density at radius 2 is 1.88 bits per heavy atom. The van der Waals surface area contributed by atoms with Gasteiger partial charge in [-0.2, -0.15) is 0 Å². The molecule has 0 fully saturated rings. The van der Waals surface area contributed by atoms with Gasteiger partial charge in [-0.05, 0) is 44.5 Å². The zero-order valence-corrected chi connectivity index (χ0v) is 15.8. The molecule has 4 rings (SSSR count). The van der Waals surface area contributed by atoms with Crippen molar-refractivity contribution >= 4 is 38.7 Å². The van der Waals surface area contributed by atoms with Crippen LogP contribution in [0.2, 0.25) is 0 Å². The van der Waals surface area contributed by atoms with Gasteiger partial charge in [-0.15, -0.1) is 0 Å². The van der Waals surface area contributed by atoms with Crippen LogP contribution in [0.4, 0.5) is 5.69 Å². The number of rotatable bonds is 3. The van der Waals surface area contributed by atoms with E-state index >= 15 is 0 Å². The quantitative estimate of drug-likeness (QED) is 0.663. The first kappa shape index (κ1) is 16.8. The summed E-state index contributed by atoms with van der Waals surface area (Å²) in [6, 6.07) is 15.8. The fourth-order valence-electron chi connectivity index (χ4n) is 3.54. The molecular weight excluding hydrogens is 344 g/mol. The van der Waals surface area contributed by atoms with E-state index in [0.29, 0.717) is 5.19 Å². The molecule has 0 atom stereocenters. The van der Waals surface area contributed by atoms with E-state index in [0.717, 1.165) is 21.5 Å². The summed E-state index contributed by atoms with van der Waals surface area (Å²) < 4.78 is 6.79. The molecule has 1 aliphatic heterocycles. The fraction of sp³-hybridized carbons (Fsp3) is 0.238. The number of anilines is 1. The zero-order valence-electron chi connectivity index (χ0n) is 15.0. The molecule has 1 aromatic heterocycles. The predicted octanol–water partition coefficient (Wildman–Crippen LogP) is 4.90. The maximum Gasteiger partial charge on any atom is 0.274 e. The zero-order chi connectivity index (χ0) is 18.3. The highest BCUT2D eigenvalue weighted by atomic mass is 32.1. The molecule has 0 radical (unpaired) electrons. The summed E-state index contributed by atoms with van der Waals surface area (Å²) in [4.78, 5) is 19.3. The number of nitrogens with zero attached hydrogens (tertiary/aromatic N) is 2. The molecule has 0 bridgehead atoms. The summed E-state index contributed by atoms with van der Waals surface area (Å²) in [5, 5.41) is 0.523. The molecule has 0 aliphatic carbocycles. The molecule has 26 heavy (non-hydrogen) atoms. The SMILES string of the molecule is CC1=CC(C)(C)N(C(=O)COc2nc3ccccc3s2)c2ccccc21. The van der Waals surface area contributed by atoms with Gasteiger partial charge in [0.1, 0.15) is 0 Å². The second-order valence-electron chi connectivity index (χ2n) is 6.96. The molecule has 3 aromatic rings. The smallest absolute Gasteiger partial charge is 0.274 e. The number of benzene rings is 2. The second kappa shape index (κ2) is 6.25. The van der Waals surface area contributed by atoms with E-state index in [1.165, 1.54) is 16.9 Å². The number of hydrogen-bond acceptors (Lipinski definition) is 4. The number of thiazole rings is 1. The topological polar surface area (TPSA) is 42.4 Å². The summed E-state index contributed by atoms with van der Waals surface area (Å²) >= 11 is 1.46. The van der Waals surface area contributed by atoms with Gasteiger partial charge in [-0.1, -0.05) is 47.7 Å². The molecule has 1 aliphatic rings. The van der Waals surface area contributed by atoms with E-state index < -0.39 is 5.54 Å². The Balaban J connectivity index is 1.59. The lowest BCUT2D eigenvalue weighted by atomic mass is 9.89. The minimum absolute atomic E-state index is 0.0372. The van der Waals surface area contributed by atoms with Crippen molar-refractivity contribution in [2.24, 2.45) is 0 Å². The number of aromatic nitrogens is 1. The van der Waals surface area contributed by atoms with Crippen molar-refractivity contribution in [3.05, 3.63) is 60.2 Å². The van der Waals surface area contributed by atoms with E-state index in [9.17, 15) is 4.79 Å². The molecular formula is C21H20N2O2S. The van der Waals surface area contributed by atoms with Crippen LogP contribution in [0.15, 0.2) is 54.6 Å². The average molecular weight is 364 g/mol. The minimum Gasteiger partial charge on any atom is -0.460 e. The summed E-state index contributed by atoms with van der Waals surface area (Å²) in [6.45, 7) is 6.13. The van der Waals surface area contributed by atoms with E-state index in [1.54, 1.807) is 0 Å². The first-order chi connectivity index (χ1) is 12.5. The number of ether oxygens (including phenoxy) is 1. The minimum atomic E-state index is -0.410. The largest absolute Gasteiger partial charge is 0.460 e. The van der Waals surface area contributed by atoms with Gasteiger partial charge < -0.3 is 4.74 Å². The lowest BCUT2D eigenvalue weighted by Crippen LogP contribution is -2.50. The van der Waals surface area contributed by atoms with Crippen LogP contribution >= 0.6 is 11.3 Å². The van der Waals surface area contributed by atoms with E-state index in [1.807, 2.05) is 67.3 Å². The van der Waals surface area contributed by atoms with Crippen LogP contribution in [-0.4, -0.2) is 23.0 Å². The number of carbonyl (C=O) groups is 1. The second-order valence-corrected chi connectivity index (χ2v) is 7.96. The first-order valence-electron chi connectivity index (χ1n) is 8.56. The first-order valence-corrected chi connectivity index (χ1v) is 9.38. The van der Waals surface area contributed by atoms with Gasteiger partial charge in [0.15, 0.2) is 6.61 Å². The Morgan fingerprint density at radius 3 is 2.69 bits per heavy atom. The van der Waals surface area contributed by atoms with Crippen molar-refractivity contribution in [1.82, 2.24) is 4.98 Å². The average Bonchev–Trinajstić information content (AvgIpc) is 3.02. The van der Waals surface area contributed by atoms with Gasteiger partial charge in [0.05, 0.1) is 21.4 Å². The van der Waals surface area contributed by atoms with Crippen LogP contribution in [-0.2, 0) is 4.79 Å².